The Labute approximate surface area is 149 Å². The molecule has 0 spiro atoms. The maximum atomic E-state index is 12.7. The van der Waals surface area contributed by atoms with Gasteiger partial charge in [0, 0.05) is 24.2 Å². The van der Waals surface area contributed by atoms with E-state index in [2.05, 4.69) is 15.0 Å². The van der Waals surface area contributed by atoms with Gasteiger partial charge in [-0.15, -0.1) is 0 Å². The van der Waals surface area contributed by atoms with Crippen LogP contribution in [0.5, 0.6) is 0 Å². The molecule has 0 bridgehead atoms. The van der Waals surface area contributed by atoms with Crippen LogP contribution in [0, 0.1) is 0 Å². The van der Waals surface area contributed by atoms with Crippen molar-refractivity contribution in [2.45, 2.75) is 25.6 Å². The van der Waals surface area contributed by atoms with Crippen molar-refractivity contribution in [3.63, 3.8) is 0 Å². The number of aromatic amines is 1. The molecule has 0 unspecified atom stereocenters. The van der Waals surface area contributed by atoms with Crippen LogP contribution in [0.4, 0.5) is 0 Å². The fourth-order valence-corrected chi connectivity index (χ4v) is 3.54. The molecule has 0 amide bonds. The molecule has 0 saturated carbocycles. The Kier molecular flexibility index (Phi) is 4.49. The van der Waals surface area contributed by atoms with Crippen molar-refractivity contribution in [3.8, 4) is 11.1 Å². The normalized spacial score (nSPS) is 12.0. The monoisotopic (exact) mass is 374 g/mol. The van der Waals surface area contributed by atoms with Crippen molar-refractivity contribution in [1.82, 2.24) is 19.5 Å². The average molecular weight is 374 g/mol. The standard InChI is InChI=1S/C17H18N4O4S/c1-10(2)12-5-15-14(4-13(12)11-6-18-8-19-7-11)16(22)21(17(23)20-15)9-26(3,24)25/h4-8,10H,9H2,1-3H3,(H,20,23). The lowest BCUT2D eigenvalue weighted by atomic mass is 9.92. The molecule has 0 aliphatic carbocycles. The smallest absolute Gasteiger partial charge is 0.307 e. The zero-order valence-corrected chi connectivity index (χ0v) is 15.4. The third-order valence-electron chi connectivity index (χ3n) is 4.01. The highest BCUT2D eigenvalue weighted by Gasteiger charge is 2.17. The maximum absolute atomic E-state index is 12.7. The minimum absolute atomic E-state index is 0.122. The Morgan fingerprint density at radius 1 is 1.15 bits per heavy atom. The van der Waals surface area contributed by atoms with Gasteiger partial charge in [-0.1, -0.05) is 13.8 Å². The summed E-state index contributed by atoms with van der Waals surface area (Å²) in [4.78, 5) is 35.6. The number of benzene rings is 1. The number of sulfone groups is 1. The highest BCUT2D eigenvalue weighted by molar-refractivity contribution is 7.89. The topological polar surface area (TPSA) is 115 Å². The largest absolute Gasteiger partial charge is 0.329 e. The first-order valence-electron chi connectivity index (χ1n) is 7.91. The van der Waals surface area contributed by atoms with Gasteiger partial charge in [0.15, 0.2) is 9.84 Å². The summed E-state index contributed by atoms with van der Waals surface area (Å²) in [6.07, 6.45) is 5.66. The molecular weight excluding hydrogens is 356 g/mol. The Morgan fingerprint density at radius 3 is 2.38 bits per heavy atom. The maximum Gasteiger partial charge on any atom is 0.329 e. The van der Waals surface area contributed by atoms with Crippen LogP contribution >= 0.6 is 0 Å². The van der Waals surface area contributed by atoms with Crippen molar-refractivity contribution in [3.05, 3.63) is 57.3 Å². The molecular formula is C17H18N4O4S. The molecule has 0 aliphatic rings. The van der Waals surface area contributed by atoms with Gasteiger partial charge in [-0.2, -0.15) is 0 Å². The summed E-state index contributed by atoms with van der Waals surface area (Å²) in [6, 6.07) is 3.40. The van der Waals surface area contributed by atoms with Gasteiger partial charge < -0.3 is 4.98 Å². The van der Waals surface area contributed by atoms with Crippen LogP contribution in [-0.2, 0) is 15.7 Å². The van der Waals surface area contributed by atoms with Crippen LogP contribution in [0.3, 0.4) is 0 Å². The molecule has 0 radical (unpaired) electrons. The van der Waals surface area contributed by atoms with Crippen LogP contribution in [0.2, 0.25) is 0 Å². The molecule has 26 heavy (non-hydrogen) atoms. The zero-order valence-electron chi connectivity index (χ0n) is 14.6. The molecule has 9 heteroatoms. The SMILES string of the molecule is CC(C)c1cc2[nH]c(=O)n(CS(C)(=O)=O)c(=O)c2cc1-c1cncnc1. The lowest BCUT2D eigenvalue weighted by molar-refractivity contribution is 0.584. The van der Waals surface area contributed by atoms with E-state index in [0.29, 0.717) is 10.1 Å². The van der Waals surface area contributed by atoms with Crippen LogP contribution in [0.25, 0.3) is 22.0 Å². The summed E-state index contributed by atoms with van der Waals surface area (Å²) in [7, 11) is -3.55. The fraction of sp³-hybridized carbons (Fsp3) is 0.294. The molecule has 1 N–H and O–H groups in total. The first-order chi connectivity index (χ1) is 12.2. The summed E-state index contributed by atoms with van der Waals surface area (Å²) in [5, 5.41) is 0.233. The van der Waals surface area contributed by atoms with Crippen molar-refractivity contribution in [1.29, 1.82) is 0 Å². The summed E-state index contributed by atoms with van der Waals surface area (Å²) in [5.74, 6) is -0.552. The summed E-state index contributed by atoms with van der Waals surface area (Å²) < 4.78 is 23.8. The fourth-order valence-electron chi connectivity index (χ4n) is 2.83. The highest BCUT2D eigenvalue weighted by Crippen LogP contribution is 2.30. The van der Waals surface area contributed by atoms with Crippen molar-refractivity contribution in [2.24, 2.45) is 0 Å². The predicted octanol–water partition coefficient (Wildman–Crippen LogP) is 1.27. The quantitative estimate of drug-likeness (QED) is 0.735. The number of rotatable bonds is 4. The lowest BCUT2D eigenvalue weighted by Gasteiger charge is -2.15. The van der Waals surface area contributed by atoms with Crippen molar-refractivity contribution < 1.29 is 8.42 Å². The first-order valence-corrected chi connectivity index (χ1v) is 9.97. The molecule has 2 aromatic heterocycles. The van der Waals surface area contributed by atoms with E-state index in [1.54, 1.807) is 24.5 Å². The van der Waals surface area contributed by atoms with E-state index in [1.807, 2.05) is 13.8 Å². The van der Waals surface area contributed by atoms with Gasteiger partial charge in [0.2, 0.25) is 0 Å². The molecule has 1 aromatic carbocycles. The van der Waals surface area contributed by atoms with Gasteiger partial charge in [-0.3, -0.25) is 4.79 Å². The van der Waals surface area contributed by atoms with E-state index in [1.165, 1.54) is 6.33 Å². The Bertz CT molecular complexity index is 1200. The second-order valence-corrected chi connectivity index (χ2v) is 8.59. The molecule has 0 fully saturated rings. The van der Waals surface area contributed by atoms with E-state index in [9.17, 15) is 18.0 Å². The van der Waals surface area contributed by atoms with Gasteiger partial charge >= 0.3 is 5.69 Å². The number of aromatic nitrogens is 4. The number of hydrogen-bond acceptors (Lipinski definition) is 6. The zero-order chi connectivity index (χ0) is 19.1. The molecule has 3 aromatic rings. The van der Waals surface area contributed by atoms with E-state index >= 15 is 0 Å². The van der Waals surface area contributed by atoms with E-state index in [-0.39, 0.29) is 11.3 Å². The molecule has 2 heterocycles. The second-order valence-electron chi connectivity index (χ2n) is 6.49. The number of H-pyrrole nitrogens is 1. The first kappa shape index (κ1) is 18.0. The van der Waals surface area contributed by atoms with Crippen LogP contribution in [-0.4, -0.2) is 34.2 Å². The van der Waals surface area contributed by atoms with Crippen LogP contribution < -0.4 is 11.2 Å². The van der Waals surface area contributed by atoms with Crippen LogP contribution in [0.1, 0.15) is 25.3 Å². The third-order valence-corrected chi connectivity index (χ3v) is 4.74. The van der Waals surface area contributed by atoms with Gasteiger partial charge in [-0.05, 0) is 29.2 Å². The van der Waals surface area contributed by atoms with Crippen molar-refractivity contribution in [2.75, 3.05) is 6.26 Å². The lowest BCUT2D eigenvalue weighted by Crippen LogP contribution is -2.37. The summed E-state index contributed by atoms with van der Waals surface area (Å²) >= 11 is 0. The highest BCUT2D eigenvalue weighted by atomic mass is 32.2. The Hall–Kier alpha value is -2.81. The Morgan fingerprint density at radius 2 is 1.81 bits per heavy atom. The minimum atomic E-state index is -3.55. The molecule has 8 nitrogen and oxygen atoms in total. The van der Waals surface area contributed by atoms with Gasteiger partial charge in [0.05, 0.1) is 10.9 Å². The number of nitrogens with zero attached hydrogens (tertiary/aromatic N) is 3. The van der Waals surface area contributed by atoms with Crippen molar-refractivity contribution >= 4 is 20.7 Å². The van der Waals surface area contributed by atoms with Crippen LogP contribution in [0.15, 0.2) is 40.4 Å². The molecule has 136 valence electrons. The Balaban J connectivity index is 2.37. The van der Waals surface area contributed by atoms with E-state index in [0.717, 1.165) is 22.9 Å². The number of hydrogen-bond donors (Lipinski definition) is 1. The third kappa shape index (κ3) is 3.43. The molecule has 0 aliphatic heterocycles. The molecule has 0 saturated heterocycles. The van der Waals surface area contributed by atoms with E-state index in [4.69, 9.17) is 0 Å². The van der Waals surface area contributed by atoms with E-state index < -0.39 is 27.0 Å². The minimum Gasteiger partial charge on any atom is -0.307 e. The van der Waals surface area contributed by atoms with Gasteiger partial charge in [0.25, 0.3) is 5.56 Å². The molecule has 0 atom stereocenters. The molecule has 3 rings (SSSR count). The van der Waals surface area contributed by atoms with Gasteiger partial charge in [-0.25, -0.2) is 27.7 Å². The average Bonchev–Trinajstić information content (AvgIpc) is 2.57. The summed E-state index contributed by atoms with van der Waals surface area (Å²) in [6.45, 7) is 3.99. The number of nitrogens with one attached hydrogen (secondary N) is 1. The van der Waals surface area contributed by atoms with Gasteiger partial charge in [0.1, 0.15) is 12.2 Å². The second kappa shape index (κ2) is 6.49. The summed E-state index contributed by atoms with van der Waals surface area (Å²) in [5.41, 5.74) is 1.39. The predicted molar refractivity (Wildman–Crippen MR) is 98.8 cm³/mol. The number of fused-ring (bicyclic) bond motifs is 1.